The topological polar surface area (TPSA) is 109 Å². The lowest BCUT2D eigenvalue weighted by Gasteiger charge is -2.35. The van der Waals surface area contributed by atoms with E-state index >= 15 is 0 Å². The van der Waals surface area contributed by atoms with Crippen LogP contribution in [0.2, 0.25) is 0 Å². The van der Waals surface area contributed by atoms with Gasteiger partial charge in [0.25, 0.3) is 0 Å². The van der Waals surface area contributed by atoms with Gasteiger partial charge in [-0.1, -0.05) is 6.07 Å². The fraction of sp³-hybridized carbons (Fsp3) is 0.273. The molecule has 1 saturated heterocycles. The highest BCUT2D eigenvalue weighted by Crippen LogP contribution is 2.29. The van der Waals surface area contributed by atoms with Crippen LogP contribution in [-0.4, -0.2) is 73.9 Å². The van der Waals surface area contributed by atoms with E-state index in [1.165, 1.54) is 0 Å². The van der Waals surface area contributed by atoms with Crippen LogP contribution >= 0.6 is 0 Å². The Balaban J connectivity index is 1.43. The molecule has 5 rings (SSSR count). The Morgan fingerprint density at radius 2 is 1.84 bits per heavy atom. The number of nitrogens with two attached hydrogens (primary N) is 1. The highest BCUT2D eigenvalue weighted by molar-refractivity contribution is 5.84. The lowest BCUT2D eigenvalue weighted by molar-refractivity contribution is 0.188. The van der Waals surface area contributed by atoms with E-state index in [0.29, 0.717) is 11.5 Å². The van der Waals surface area contributed by atoms with E-state index in [9.17, 15) is 0 Å². The van der Waals surface area contributed by atoms with Gasteiger partial charge in [0, 0.05) is 63.1 Å². The predicted molar refractivity (Wildman–Crippen MR) is 120 cm³/mol. The smallest absolute Gasteiger partial charge is 0.166 e. The second-order valence-electron chi connectivity index (χ2n) is 7.54. The van der Waals surface area contributed by atoms with Crippen molar-refractivity contribution in [2.75, 3.05) is 50.0 Å². The highest BCUT2D eigenvalue weighted by Gasteiger charge is 2.19. The third-order valence-electron chi connectivity index (χ3n) is 5.61. The standard InChI is InChI=1S/C22H24N8O/c23-21-20(18-3-1-2-5-24-18)22-26-14-17(15-30(22)27-21)16-4-6-25-19(13-16)29-9-7-28(8-10-29)11-12-31/h1-6,13-15,31H,7-12H2,(H2,23,27). The molecule has 0 spiro atoms. The minimum Gasteiger partial charge on any atom is -0.395 e. The van der Waals surface area contributed by atoms with Crippen LogP contribution in [0.3, 0.4) is 0 Å². The van der Waals surface area contributed by atoms with Crippen molar-refractivity contribution in [3.8, 4) is 22.4 Å². The summed E-state index contributed by atoms with van der Waals surface area (Å²) < 4.78 is 1.71. The fourth-order valence-corrected chi connectivity index (χ4v) is 3.97. The number of rotatable bonds is 5. The molecule has 4 aromatic heterocycles. The second kappa shape index (κ2) is 8.29. The van der Waals surface area contributed by atoms with Crippen LogP contribution in [0, 0.1) is 0 Å². The molecule has 31 heavy (non-hydrogen) atoms. The Hall–Kier alpha value is -3.56. The summed E-state index contributed by atoms with van der Waals surface area (Å²) in [6, 6.07) is 9.74. The van der Waals surface area contributed by atoms with Gasteiger partial charge < -0.3 is 15.7 Å². The lowest BCUT2D eigenvalue weighted by Crippen LogP contribution is -2.47. The molecule has 0 aliphatic carbocycles. The Kier molecular flexibility index (Phi) is 5.19. The maximum Gasteiger partial charge on any atom is 0.166 e. The van der Waals surface area contributed by atoms with Crippen LogP contribution in [0.15, 0.2) is 55.1 Å². The molecule has 9 nitrogen and oxygen atoms in total. The summed E-state index contributed by atoms with van der Waals surface area (Å²) in [6.07, 6.45) is 7.32. The maximum absolute atomic E-state index is 9.13. The molecule has 1 fully saturated rings. The molecule has 9 heteroatoms. The van der Waals surface area contributed by atoms with Crippen LogP contribution < -0.4 is 10.6 Å². The number of aliphatic hydroxyl groups excluding tert-OH is 1. The molecular weight excluding hydrogens is 392 g/mol. The van der Waals surface area contributed by atoms with Crippen molar-refractivity contribution in [2.24, 2.45) is 0 Å². The minimum atomic E-state index is 0.198. The molecule has 0 aromatic carbocycles. The van der Waals surface area contributed by atoms with Crippen LogP contribution in [0.25, 0.3) is 28.0 Å². The van der Waals surface area contributed by atoms with Crippen molar-refractivity contribution in [2.45, 2.75) is 0 Å². The second-order valence-corrected chi connectivity index (χ2v) is 7.54. The lowest BCUT2D eigenvalue weighted by atomic mass is 10.1. The van der Waals surface area contributed by atoms with E-state index in [0.717, 1.165) is 60.9 Å². The Morgan fingerprint density at radius 3 is 2.61 bits per heavy atom. The molecule has 3 N–H and O–H groups in total. The van der Waals surface area contributed by atoms with E-state index < -0.39 is 0 Å². The summed E-state index contributed by atoms with van der Waals surface area (Å²) in [4.78, 5) is 18.1. The summed E-state index contributed by atoms with van der Waals surface area (Å²) in [5.41, 5.74) is 10.3. The van der Waals surface area contributed by atoms with E-state index in [2.05, 4.69) is 35.9 Å². The van der Waals surface area contributed by atoms with Crippen molar-refractivity contribution >= 4 is 17.3 Å². The van der Waals surface area contributed by atoms with Gasteiger partial charge in [-0.3, -0.25) is 9.88 Å². The van der Waals surface area contributed by atoms with Crippen LogP contribution in [0.4, 0.5) is 11.6 Å². The van der Waals surface area contributed by atoms with E-state index in [4.69, 9.17) is 10.8 Å². The van der Waals surface area contributed by atoms with Crippen molar-refractivity contribution in [1.82, 2.24) is 29.5 Å². The van der Waals surface area contributed by atoms with Crippen LogP contribution in [0.5, 0.6) is 0 Å². The molecule has 0 unspecified atom stereocenters. The molecule has 0 bridgehead atoms. The average molecular weight is 416 g/mol. The van der Waals surface area contributed by atoms with E-state index in [-0.39, 0.29) is 6.61 Å². The summed E-state index contributed by atoms with van der Waals surface area (Å²) >= 11 is 0. The SMILES string of the molecule is Nc1nn2cc(-c3ccnc(N4CCN(CCO)CC4)c3)cnc2c1-c1ccccn1. The molecule has 158 valence electrons. The van der Waals surface area contributed by atoms with Crippen LogP contribution in [0.1, 0.15) is 0 Å². The van der Waals surface area contributed by atoms with Crippen molar-refractivity contribution in [3.63, 3.8) is 0 Å². The van der Waals surface area contributed by atoms with Gasteiger partial charge in [0.1, 0.15) is 5.82 Å². The van der Waals surface area contributed by atoms with Crippen molar-refractivity contribution in [3.05, 3.63) is 55.1 Å². The van der Waals surface area contributed by atoms with Gasteiger partial charge in [-0.15, -0.1) is 5.10 Å². The summed E-state index contributed by atoms with van der Waals surface area (Å²) in [5.74, 6) is 1.34. The van der Waals surface area contributed by atoms with Crippen molar-refractivity contribution < 1.29 is 5.11 Å². The number of aromatic nitrogens is 5. The zero-order valence-electron chi connectivity index (χ0n) is 17.1. The van der Waals surface area contributed by atoms with Gasteiger partial charge in [0.15, 0.2) is 11.5 Å². The maximum atomic E-state index is 9.13. The molecule has 0 radical (unpaired) electrons. The number of nitrogens with zero attached hydrogens (tertiary/aromatic N) is 7. The summed E-state index contributed by atoms with van der Waals surface area (Å²) in [5, 5.41) is 13.6. The number of nitrogen functional groups attached to an aromatic ring is 1. The molecule has 0 saturated carbocycles. The van der Waals surface area contributed by atoms with E-state index in [1.54, 1.807) is 10.7 Å². The van der Waals surface area contributed by atoms with Gasteiger partial charge in [-0.05, 0) is 29.8 Å². The van der Waals surface area contributed by atoms with Crippen molar-refractivity contribution in [1.29, 1.82) is 0 Å². The first-order valence-corrected chi connectivity index (χ1v) is 10.3. The third kappa shape index (κ3) is 3.80. The zero-order chi connectivity index (χ0) is 21.2. The number of aliphatic hydroxyl groups is 1. The number of hydrogen-bond acceptors (Lipinski definition) is 8. The molecule has 5 heterocycles. The Labute approximate surface area is 179 Å². The molecule has 1 aliphatic heterocycles. The largest absolute Gasteiger partial charge is 0.395 e. The summed E-state index contributed by atoms with van der Waals surface area (Å²) in [7, 11) is 0. The minimum absolute atomic E-state index is 0.198. The van der Waals surface area contributed by atoms with Gasteiger partial charge in [-0.25, -0.2) is 14.5 Å². The average Bonchev–Trinajstić information content (AvgIpc) is 3.15. The number of hydrogen-bond donors (Lipinski definition) is 2. The van der Waals surface area contributed by atoms with Gasteiger partial charge >= 0.3 is 0 Å². The Morgan fingerprint density at radius 1 is 0.968 bits per heavy atom. The number of pyridine rings is 2. The summed E-state index contributed by atoms with van der Waals surface area (Å²) in [6.45, 7) is 4.53. The number of piperazine rings is 1. The zero-order valence-corrected chi connectivity index (χ0v) is 17.1. The normalized spacial score (nSPS) is 14.9. The number of fused-ring (bicyclic) bond motifs is 1. The predicted octanol–water partition coefficient (Wildman–Crippen LogP) is 1.55. The van der Waals surface area contributed by atoms with Crippen LogP contribution in [-0.2, 0) is 0 Å². The molecule has 1 aliphatic rings. The molecule has 0 amide bonds. The fourth-order valence-electron chi connectivity index (χ4n) is 3.97. The number of β-amino-alcohol motifs (C(OH)–C–C–N with tert-alkyl or cyclic N) is 1. The Bertz CT molecular complexity index is 1180. The van der Waals surface area contributed by atoms with Gasteiger partial charge in [0.2, 0.25) is 0 Å². The molecule has 0 atom stereocenters. The highest BCUT2D eigenvalue weighted by atomic mass is 16.3. The van der Waals surface area contributed by atoms with E-state index in [1.807, 2.05) is 42.9 Å². The molecular formula is C22H24N8O. The van der Waals surface area contributed by atoms with Gasteiger partial charge in [-0.2, -0.15) is 0 Å². The first-order chi connectivity index (χ1) is 15.2. The first-order valence-electron chi connectivity index (χ1n) is 10.3. The molecule has 4 aromatic rings. The third-order valence-corrected chi connectivity index (χ3v) is 5.61. The number of anilines is 2. The monoisotopic (exact) mass is 416 g/mol. The first kappa shape index (κ1) is 19.4. The van der Waals surface area contributed by atoms with Gasteiger partial charge in [0.05, 0.1) is 17.9 Å². The quantitative estimate of drug-likeness (QED) is 0.504.